The van der Waals surface area contributed by atoms with Gasteiger partial charge in [0.25, 0.3) is 0 Å². The SMILES string of the molecule is CC(=O)Nc1cc(NC2CCc3cc(Cl)ccc32)ccc1F. The number of rotatable bonds is 3. The lowest BCUT2D eigenvalue weighted by atomic mass is 10.1. The summed E-state index contributed by atoms with van der Waals surface area (Å²) in [6, 6.07) is 10.7. The normalized spacial score (nSPS) is 16.2. The van der Waals surface area contributed by atoms with Gasteiger partial charge in [-0.15, -0.1) is 0 Å². The zero-order chi connectivity index (χ0) is 15.7. The van der Waals surface area contributed by atoms with E-state index < -0.39 is 5.82 Å². The molecule has 0 bridgehead atoms. The van der Waals surface area contributed by atoms with Gasteiger partial charge in [0, 0.05) is 17.6 Å². The maximum absolute atomic E-state index is 13.7. The smallest absolute Gasteiger partial charge is 0.221 e. The van der Waals surface area contributed by atoms with E-state index in [1.807, 2.05) is 18.2 Å². The second-order valence-corrected chi connectivity index (χ2v) is 5.89. The molecule has 0 spiro atoms. The number of nitrogens with one attached hydrogen (secondary N) is 2. The van der Waals surface area contributed by atoms with Gasteiger partial charge in [-0.25, -0.2) is 4.39 Å². The molecule has 2 N–H and O–H groups in total. The number of carbonyl (C=O) groups excluding carboxylic acids is 1. The Morgan fingerprint density at radius 3 is 2.86 bits per heavy atom. The van der Waals surface area contributed by atoms with E-state index in [9.17, 15) is 9.18 Å². The van der Waals surface area contributed by atoms with Crippen LogP contribution in [-0.4, -0.2) is 5.91 Å². The fraction of sp³-hybridized carbons (Fsp3) is 0.235. The van der Waals surface area contributed by atoms with E-state index in [2.05, 4.69) is 10.6 Å². The van der Waals surface area contributed by atoms with Crippen LogP contribution in [0.2, 0.25) is 5.02 Å². The lowest BCUT2D eigenvalue weighted by molar-refractivity contribution is -0.114. The fourth-order valence-electron chi connectivity index (χ4n) is 2.84. The Labute approximate surface area is 133 Å². The first-order valence-corrected chi connectivity index (χ1v) is 7.53. The van der Waals surface area contributed by atoms with Crippen LogP contribution in [0.25, 0.3) is 0 Å². The largest absolute Gasteiger partial charge is 0.378 e. The molecule has 1 atom stereocenters. The van der Waals surface area contributed by atoms with Crippen LogP contribution in [0.1, 0.15) is 30.5 Å². The van der Waals surface area contributed by atoms with Gasteiger partial charge in [0.2, 0.25) is 5.91 Å². The molecule has 0 heterocycles. The first-order valence-electron chi connectivity index (χ1n) is 7.15. The number of hydrogen-bond donors (Lipinski definition) is 2. The van der Waals surface area contributed by atoms with E-state index in [0.717, 1.165) is 23.6 Å². The van der Waals surface area contributed by atoms with E-state index >= 15 is 0 Å². The Bertz CT molecular complexity index is 733. The van der Waals surface area contributed by atoms with Crippen molar-refractivity contribution < 1.29 is 9.18 Å². The van der Waals surface area contributed by atoms with Crippen LogP contribution >= 0.6 is 11.6 Å². The zero-order valence-corrected chi connectivity index (χ0v) is 12.9. The van der Waals surface area contributed by atoms with E-state index in [4.69, 9.17) is 11.6 Å². The molecule has 2 aromatic rings. The summed E-state index contributed by atoms with van der Waals surface area (Å²) in [6.07, 6.45) is 1.93. The number of anilines is 2. The molecule has 1 unspecified atom stereocenters. The Balaban J connectivity index is 1.82. The minimum atomic E-state index is -0.445. The third kappa shape index (κ3) is 3.07. The first kappa shape index (κ1) is 14.9. The maximum atomic E-state index is 13.7. The summed E-state index contributed by atoms with van der Waals surface area (Å²) in [7, 11) is 0. The van der Waals surface area contributed by atoms with Crippen molar-refractivity contribution in [2.24, 2.45) is 0 Å². The van der Waals surface area contributed by atoms with Crippen molar-refractivity contribution in [2.75, 3.05) is 10.6 Å². The zero-order valence-electron chi connectivity index (χ0n) is 12.1. The minimum Gasteiger partial charge on any atom is -0.378 e. The molecular weight excluding hydrogens is 303 g/mol. The highest BCUT2D eigenvalue weighted by Gasteiger charge is 2.22. The molecule has 2 aromatic carbocycles. The summed E-state index contributed by atoms with van der Waals surface area (Å²) >= 11 is 6.02. The summed E-state index contributed by atoms with van der Waals surface area (Å²) in [6.45, 7) is 1.36. The van der Waals surface area contributed by atoms with Crippen LogP contribution in [0, 0.1) is 5.82 Å². The quantitative estimate of drug-likeness (QED) is 0.872. The summed E-state index contributed by atoms with van der Waals surface area (Å²) in [4.78, 5) is 11.1. The van der Waals surface area contributed by atoms with Gasteiger partial charge in [0.05, 0.1) is 11.7 Å². The van der Waals surface area contributed by atoms with E-state index in [0.29, 0.717) is 0 Å². The molecule has 0 aromatic heterocycles. The van der Waals surface area contributed by atoms with Crippen molar-refractivity contribution >= 4 is 28.9 Å². The van der Waals surface area contributed by atoms with Crippen molar-refractivity contribution in [3.8, 4) is 0 Å². The third-order valence-corrected chi connectivity index (χ3v) is 4.04. The molecule has 22 heavy (non-hydrogen) atoms. The predicted octanol–water partition coefficient (Wildman–Crippen LogP) is 4.54. The van der Waals surface area contributed by atoms with Crippen molar-refractivity contribution in [3.63, 3.8) is 0 Å². The van der Waals surface area contributed by atoms with E-state index in [1.165, 1.54) is 24.1 Å². The van der Waals surface area contributed by atoms with Crippen LogP contribution in [0.4, 0.5) is 15.8 Å². The number of halogens is 2. The minimum absolute atomic E-state index is 0.169. The highest BCUT2D eigenvalue weighted by Crippen LogP contribution is 2.35. The van der Waals surface area contributed by atoms with Crippen LogP contribution in [-0.2, 0) is 11.2 Å². The van der Waals surface area contributed by atoms with Gasteiger partial charge in [-0.3, -0.25) is 4.79 Å². The van der Waals surface area contributed by atoms with Gasteiger partial charge in [-0.05, 0) is 54.3 Å². The van der Waals surface area contributed by atoms with E-state index in [1.54, 1.807) is 12.1 Å². The number of amides is 1. The van der Waals surface area contributed by atoms with Gasteiger partial charge in [-0.1, -0.05) is 17.7 Å². The first-order chi connectivity index (χ1) is 10.5. The third-order valence-electron chi connectivity index (χ3n) is 3.80. The van der Waals surface area contributed by atoms with Crippen molar-refractivity contribution in [1.82, 2.24) is 0 Å². The Morgan fingerprint density at radius 2 is 2.09 bits per heavy atom. The molecule has 0 saturated carbocycles. The van der Waals surface area contributed by atoms with Crippen molar-refractivity contribution in [3.05, 3.63) is 58.4 Å². The number of benzene rings is 2. The Hall–Kier alpha value is -2.07. The molecule has 3 rings (SSSR count). The number of hydrogen-bond acceptors (Lipinski definition) is 2. The molecule has 1 aliphatic rings. The fourth-order valence-corrected chi connectivity index (χ4v) is 3.03. The molecule has 5 heteroatoms. The molecule has 0 aliphatic heterocycles. The van der Waals surface area contributed by atoms with Gasteiger partial charge >= 0.3 is 0 Å². The van der Waals surface area contributed by atoms with Crippen LogP contribution < -0.4 is 10.6 Å². The number of aryl methyl sites for hydroxylation is 1. The lowest BCUT2D eigenvalue weighted by Crippen LogP contribution is -2.10. The van der Waals surface area contributed by atoms with Gasteiger partial charge in [0.1, 0.15) is 5.82 Å². The lowest BCUT2D eigenvalue weighted by Gasteiger charge is -2.17. The molecule has 1 amide bonds. The van der Waals surface area contributed by atoms with Crippen LogP contribution in [0.3, 0.4) is 0 Å². The standard InChI is InChI=1S/C17H16ClFN2O/c1-10(22)20-17-9-13(4-6-15(17)19)21-16-7-2-11-8-12(18)3-5-14(11)16/h3-6,8-9,16,21H,2,7H2,1H3,(H,20,22). The van der Waals surface area contributed by atoms with Crippen LogP contribution in [0.15, 0.2) is 36.4 Å². The van der Waals surface area contributed by atoms with Crippen LogP contribution in [0.5, 0.6) is 0 Å². The van der Waals surface area contributed by atoms with Gasteiger partial charge < -0.3 is 10.6 Å². The molecule has 3 nitrogen and oxygen atoms in total. The predicted molar refractivity (Wildman–Crippen MR) is 86.8 cm³/mol. The number of carbonyl (C=O) groups is 1. The number of fused-ring (bicyclic) bond motifs is 1. The van der Waals surface area contributed by atoms with Gasteiger partial charge in [-0.2, -0.15) is 0 Å². The maximum Gasteiger partial charge on any atom is 0.221 e. The molecule has 0 saturated heterocycles. The highest BCUT2D eigenvalue weighted by molar-refractivity contribution is 6.30. The second kappa shape index (κ2) is 5.97. The highest BCUT2D eigenvalue weighted by atomic mass is 35.5. The summed E-state index contributed by atoms with van der Waals surface area (Å²) in [5, 5.41) is 6.63. The van der Waals surface area contributed by atoms with Crippen molar-refractivity contribution in [1.29, 1.82) is 0 Å². The summed E-state index contributed by atoms with van der Waals surface area (Å²) < 4.78 is 13.7. The topological polar surface area (TPSA) is 41.1 Å². The Morgan fingerprint density at radius 1 is 1.27 bits per heavy atom. The molecule has 0 radical (unpaired) electrons. The molecular formula is C17H16ClFN2O. The van der Waals surface area contributed by atoms with E-state index in [-0.39, 0.29) is 17.6 Å². The van der Waals surface area contributed by atoms with Crippen molar-refractivity contribution in [2.45, 2.75) is 25.8 Å². The molecule has 114 valence electrons. The average molecular weight is 319 g/mol. The van der Waals surface area contributed by atoms with Gasteiger partial charge in [0.15, 0.2) is 0 Å². The molecule has 1 aliphatic carbocycles. The monoisotopic (exact) mass is 318 g/mol. The summed E-state index contributed by atoms with van der Waals surface area (Å²) in [5.74, 6) is -0.740. The Kier molecular flexibility index (Phi) is 4.03. The molecule has 0 fully saturated rings. The second-order valence-electron chi connectivity index (χ2n) is 5.45. The average Bonchev–Trinajstić information content (AvgIpc) is 2.84. The summed E-state index contributed by atoms with van der Waals surface area (Å²) in [5.41, 5.74) is 3.42.